The van der Waals surface area contributed by atoms with Crippen molar-refractivity contribution in [2.75, 3.05) is 11.4 Å². The van der Waals surface area contributed by atoms with Gasteiger partial charge in [0.05, 0.1) is 18.3 Å². The minimum Gasteiger partial charge on any atom is -0.477 e. The topological polar surface area (TPSA) is 53.4 Å². The third-order valence-electron chi connectivity index (χ3n) is 3.72. The fourth-order valence-corrected chi connectivity index (χ4v) is 3.41. The molecule has 0 saturated heterocycles. The van der Waals surface area contributed by atoms with Crippen molar-refractivity contribution in [2.45, 2.75) is 25.6 Å². The molecule has 0 fully saturated rings. The molecule has 4 nitrogen and oxygen atoms in total. The highest BCUT2D eigenvalue weighted by molar-refractivity contribution is 7.13. The van der Waals surface area contributed by atoms with Gasteiger partial charge in [0.1, 0.15) is 9.88 Å². The number of thiazole rings is 1. The zero-order chi connectivity index (χ0) is 16.6. The molecule has 0 amide bonds. The molecule has 2 heterocycles. The molecule has 23 heavy (non-hydrogen) atoms. The Morgan fingerprint density at radius 3 is 2.83 bits per heavy atom. The molecule has 0 aliphatic carbocycles. The lowest BCUT2D eigenvalue weighted by atomic mass is 9.99. The van der Waals surface area contributed by atoms with Crippen LogP contribution in [-0.4, -0.2) is 22.6 Å². The second-order valence-corrected chi connectivity index (χ2v) is 6.40. The number of halogens is 3. The van der Waals surface area contributed by atoms with Crippen LogP contribution in [0.2, 0.25) is 0 Å². The zero-order valence-electron chi connectivity index (χ0n) is 11.9. The van der Waals surface area contributed by atoms with Crippen LogP contribution >= 0.6 is 11.3 Å². The second kappa shape index (κ2) is 5.84. The smallest absolute Gasteiger partial charge is 0.416 e. The molecule has 8 heteroatoms. The van der Waals surface area contributed by atoms with Crippen molar-refractivity contribution in [3.8, 4) is 0 Å². The van der Waals surface area contributed by atoms with E-state index in [1.807, 2.05) is 4.90 Å². The number of aromatic carboxylic acids is 1. The van der Waals surface area contributed by atoms with Gasteiger partial charge in [-0.05, 0) is 30.5 Å². The summed E-state index contributed by atoms with van der Waals surface area (Å²) in [6, 6.07) is 3.79. The minimum absolute atomic E-state index is 0.126. The van der Waals surface area contributed by atoms with Crippen LogP contribution in [0.1, 0.15) is 32.2 Å². The van der Waals surface area contributed by atoms with Gasteiger partial charge in [0.2, 0.25) is 0 Å². The van der Waals surface area contributed by atoms with Gasteiger partial charge >= 0.3 is 12.1 Å². The first-order chi connectivity index (χ1) is 10.8. The predicted octanol–water partition coefficient (Wildman–Crippen LogP) is 3.81. The van der Waals surface area contributed by atoms with Crippen LogP contribution in [0.4, 0.5) is 18.9 Å². The molecule has 0 atom stereocenters. The summed E-state index contributed by atoms with van der Waals surface area (Å²) in [4.78, 5) is 16.9. The van der Waals surface area contributed by atoms with Crippen LogP contribution in [-0.2, 0) is 19.1 Å². The number of aromatic nitrogens is 1. The average Bonchev–Trinajstić information content (AvgIpc) is 2.95. The van der Waals surface area contributed by atoms with E-state index in [2.05, 4.69) is 4.98 Å². The summed E-state index contributed by atoms with van der Waals surface area (Å²) in [5.74, 6) is -1.05. The fourth-order valence-electron chi connectivity index (χ4n) is 2.64. The molecule has 1 aromatic carbocycles. The van der Waals surface area contributed by atoms with Crippen LogP contribution in [0.25, 0.3) is 0 Å². The Bertz CT molecular complexity index is 743. The standard InChI is InChI=1S/C15H13F3N2O2S/c16-15(17,18)10-4-3-9-2-1-5-20(11(9)6-10)8-13-19-7-12(23-13)14(21)22/h3-4,6-7H,1-2,5,8H2,(H,21,22). The summed E-state index contributed by atoms with van der Waals surface area (Å²) in [7, 11) is 0. The average molecular weight is 342 g/mol. The third-order valence-corrected chi connectivity index (χ3v) is 4.69. The van der Waals surface area contributed by atoms with Gasteiger partial charge in [0, 0.05) is 12.2 Å². The van der Waals surface area contributed by atoms with Crippen molar-refractivity contribution in [1.29, 1.82) is 0 Å². The van der Waals surface area contributed by atoms with Gasteiger partial charge in [-0.25, -0.2) is 9.78 Å². The van der Waals surface area contributed by atoms with E-state index in [1.165, 1.54) is 18.3 Å². The monoisotopic (exact) mass is 342 g/mol. The van der Waals surface area contributed by atoms with Crippen molar-refractivity contribution < 1.29 is 23.1 Å². The fraction of sp³-hybridized carbons (Fsp3) is 0.333. The molecule has 2 aromatic rings. The second-order valence-electron chi connectivity index (χ2n) is 5.29. The van der Waals surface area contributed by atoms with Crippen molar-refractivity contribution in [3.05, 3.63) is 45.4 Å². The molecule has 0 unspecified atom stereocenters. The van der Waals surface area contributed by atoms with E-state index >= 15 is 0 Å². The lowest BCUT2D eigenvalue weighted by Gasteiger charge is -2.31. The molecule has 122 valence electrons. The molecule has 0 saturated carbocycles. The number of fused-ring (bicyclic) bond motifs is 1. The van der Waals surface area contributed by atoms with E-state index in [1.54, 1.807) is 0 Å². The van der Waals surface area contributed by atoms with Crippen LogP contribution in [0.5, 0.6) is 0 Å². The summed E-state index contributed by atoms with van der Waals surface area (Å²) in [5, 5.41) is 9.50. The zero-order valence-corrected chi connectivity index (χ0v) is 12.7. The first-order valence-corrected chi connectivity index (χ1v) is 7.79. The lowest BCUT2D eigenvalue weighted by molar-refractivity contribution is -0.137. The van der Waals surface area contributed by atoms with E-state index in [0.29, 0.717) is 23.8 Å². The number of aryl methyl sites for hydroxylation is 1. The van der Waals surface area contributed by atoms with E-state index in [-0.39, 0.29) is 4.88 Å². The summed E-state index contributed by atoms with van der Waals surface area (Å²) in [5.41, 5.74) is 0.755. The van der Waals surface area contributed by atoms with Crippen molar-refractivity contribution in [3.63, 3.8) is 0 Å². The Labute approximate surface area is 134 Å². The number of hydrogen-bond donors (Lipinski definition) is 1. The number of carboxylic acids is 1. The SMILES string of the molecule is O=C(O)c1cnc(CN2CCCc3ccc(C(F)(F)F)cc32)s1. The van der Waals surface area contributed by atoms with Crippen molar-refractivity contribution in [2.24, 2.45) is 0 Å². The van der Waals surface area contributed by atoms with Crippen LogP contribution < -0.4 is 4.90 Å². The molecule has 0 spiro atoms. The maximum absolute atomic E-state index is 12.9. The van der Waals surface area contributed by atoms with Gasteiger partial charge in [-0.2, -0.15) is 13.2 Å². The van der Waals surface area contributed by atoms with Crippen molar-refractivity contribution >= 4 is 23.0 Å². The predicted molar refractivity (Wildman–Crippen MR) is 79.9 cm³/mol. The van der Waals surface area contributed by atoms with Gasteiger partial charge in [0.25, 0.3) is 0 Å². The number of nitrogens with zero attached hydrogens (tertiary/aromatic N) is 2. The maximum atomic E-state index is 12.9. The van der Waals surface area contributed by atoms with Gasteiger partial charge < -0.3 is 10.0 Å². The van der Waals surface area contributed by atoms with E-state index in [4.69, 9.17) is 5.11 Å². The van der Waals surface area contributed by atoms with Gasteiger partial charge in [-0.3, -0.25) is 0 Å². The Kier molecular flexibility index (Phi) is 4.01. The number of rotatable bonds is 3. The van der Waals surface area contributed by atoms with Crippen LogP contribution in [0, 0.1) is 0 Å². The minimum atomic E-state index is -4.38. The number of benzene rings is 1. The summed E-state index contributed by atoms with van der Waals surface area (Å²) in [6.07, 6.45) is -1.52. The Balaban J connectivity index is 1.89. The highest BCUT2D eigenvalue weighted by Crippen LogP contribution is 2.36. The Hall–Kier alpha value is -2.09. The molecule has 0 bridgehead atoms. The van der Waals surface area contributed by atoms with Crippen molar-refractivity contribution in [1.82, 2.24) is 4.98 Å². The summed E-state index contributed by atoms with van der Waals surface area (Å²) in [6.45, 7) is 0.933. The normalized spacial score (nSPS) is 14.7. The number of alkyl halides is 3. The van der Waals surface area contributed by atoms with Gasteiger partial charge in [-0.15, -0.1) is 11.3 Å². The maximum Gasteiger partial charge on any atom is 0.416 e. The molecular weight excluding hydrogens is 329 g/mol. The summed E-state index contributed by atoms with van der Waals surface area (Å²) < 4.78 is 38.7. The number of carboxylic acid groups (broad SMARTS) is 1. The first-order valence-electron chi connectivity index (χ1n) is 6.97. The summed E-state index contributed by atoms with van der Waals surface area (Å²) >= 11 is 1.04. The molecule has 1 aliphatic heterocycles. The van der Waals surface area contributed by atoms with Gasteiger partial charge in [-0.1, -0.05) is 6.07 Å². The van der Waals surface area contributed by atoms with Crippen LogP contribution in [0.15, 0.2) is 24.4 Å². The Morgan fingerprint density at radius 1 is 1.39 bits per heavy atom. The molecular formula is C15H13F3N2O2S. The van der Waals surface area contributed by atoms with E-state index in [9.17, 15) is 18.0 Å². The quantitative estimate of drug-likeness (QED) is 0.921. The highest BCUT2D eigenvalue weighted by Gasteiger charge is 2.32. The highest BCUT2D eigenvalue weighted by atomic mass is 32.1. The molecule has 1 aromatic heterocycles. The Morgan fingerprint density at radius 2 is 2.17 bits per heavy atom. The molecule has 3 rings (SSSR count). The molecule has 1 aliphatic rings. The number of hydrogen-bond acceptors (Lipinski definition) is 4. The number of carbonyl (C=O) groups is 1. The van der Waals surface area contributed by atoms with E-state index < -0.39 is 17.7 Å². The van der Waals surface area contributed by atoms with E-state index in [0.717, 1.165) is 35.8 Å². The molecule has 1 N–H and O–H groups in total. The number of anilines is 1. The third kappa shape index (κ3) is 3.31. The first kappa shape index (κ1) is 15.8. The van der Waals surface area contributed by atoms with Crippen LogP contribution in [0.3, 0.4) is 0 Å². The largest absolute Gasteiger partial charge is 0.477 e. The van der Waals surface area contributed by atoms with Gasteiger partial charge in [0.15, 0.2) is 0 Å². The lowest BCUT2D eigenvalue weighted by Crippen LogP contribution is -2.29. The molecule has 0 radical (unpaired) electrons.